The molecule has 0 radical (unpaired) electrons. The van der Waals surface area contributed by atoms with E-state index in [0.717, 1.165) is 12.8 Å². The largest absolute Gasteiger partial charge is 0.494 e. The number of unbranched alkanes of at least 4 members (excludes halogenated alkanes) is 1. The normalized spacial score (nSPS) is 12.7. The highest BCUT2D eigenvalue weighted by atomic mass is 32.2. The first-order valence-electron chi connectivity index (χ1n) is 6.82. The number of nitrogens with one attached hydrogen (secondary N) is 2. The van der Waals surface area contributed by atoms with Crippen LogP contribution in [0.15, 0.2) is 29.2 Å². The topological polar surface area (TPSA) is 131 Å². The zero-order chi connectivity index (χ0) is 16.6. The first-order chi connectivity index (χ1) is 10.4. The van der Waals surface area contributed by atoms with Crippen LogP contribution in [-0.4, -0.2) is 32.3 Å². The SMILES string of the molecule is CCCCOc1ccc(S(=O)(=O)NC(N)CC(=O)NO)cc1. The number of carbonyl (C=O) groups excluding carboxylic acids is 1. The van der Waals surface area contributed by atoms with Crippen LogP contribution in [-0.2, 0) is 14.8 Å². The number of benzene rings is 1. The third-order valence-electron chi connectivity index (χ3n) is 2.74. The first-order valence-corrected chi connectivity index (χ1v) is 8.31. The molecular formula is C13H21N3O5S. The van der Waals surface area contributed by atoms with E-state index < -0.39 is 22.1 Å². The predicted molar refractivity (Wildman–Crippen MR) is 79.7 cm³/mol. The quantitative estimate of drug-likeness (QED) is 0.223. The van der Waals surface area contributed by atoms with Crippen LogP contribution in [0.3, 0.4) is 0 Å². The van der Waals surface area contributed by atoms with E-state index in [1.807, 2.05) is 6.92 Å². The lowest BCUT2D eigenvalue weighted by Gasteiger charge is -2.13. The van der Waals surface area contributed by atoms with Gasteiger partial charge in [-0.2, -0.15) is 4.72 Å². The van der Waals surface area contributed by atoms with E-state index in [2.05, 4.69) is 4.72 Å². The minimum absolute atomic E-state index is 0.00944. The molecule has 124 valence electrons. The summed E-state index contributed by atoms with van der Waals surface area (Å²) in [6, 6.07) is 5.89. The molecule has 0 aliphatic carbocycles. The molecule has 5 N–H and O–H groups in total. The monoisotopic (exact) mass is 331 g/mol. The van der Waals surface area contributed by atoms with Crippen molar-refractivity contribution in [2.75, 3.05) is 6.61 Å². The van der Waals surface area contributed by atoms with Gasteiger partial charge in [-0.05, 0) is 30.7 Å². The molecule has 0 saturated carbocycles. The summed E-state index contributed by atoms with van der Waals surface area (Å²) in [4.78, 5) is 10.9. The van der Waals surface area contributed by atoms with Gasteiger partial charge in [-0.3, -0.25) is 10.0 Å². The zero-order valence-electron chi connectivity index (χ0n) is 12.3. The van der Waals surface area contributed by atoms with Crippen LogP contribution >= 0.6 is 0 Å². The number of rotatable bonds is 9. The molecule has 0 spiro atoms. The van der Waals surface area contributed by atoms with Crippen molar-refractivity contribution in [1.29, 1.82) is 0 Å². The molecule has 8 nitrogen and oxygen atoms in total. The zero-order valence-corrected chi connectivity index (χ0v) is 13.1. The summed E-state index contributed by atoms with van der Waals surface area (Å²) in [6.45, 7) is 2.62. The van der Waals surface area contributed by atoms with Crippen LogP contribution in [0.25, 0.3) is 0 Å². The lowest BCUT2D eigenvalue weighted by atomic mass is 10.3. The average molecular weight is 331 g/mol. The lowest BCUT2D eigenvalue weighted by molar-refractivity contribution is -0.129. The van der Waals surface area contributed by atoms with Crippen molar-refractivity contribution in [3.05, 3.63) is 24.3 Å². The van der Waals surface area contributed by atoms with Crippen molar-refractivity contribution < 1.29 is 23.2 Å². The van der Waals surface area contributed by atoms with Crippen LogP contribution in [0.5, 0.6) is 5.75 Å². The number of hydroxylamine groups is 1. The smallest absolute Gasteiger partial charge is 0.246 e. The van der Waals surface area contributed by atoms with Gasteiger partial charge in [0.2, 0.25) is 15.9 Å². The molecule has 0 saturated heterocycles. The Kier molecular flexibility index (Phi) is 7.25. The molecular weight excluding hydrogens is 310 g/mol. The Morgan fingerprint density at radius 2 is 2.00 bits per heavy atom. The van der Waals surface area contributed by atoms with E-state index in [4.69, 9.17) is 15.7 Å². The van der Waals surface area contributed by atoms with E-state index in [1.54, 1.807) is 12.1 Å². The highest BCUT2D eigenvalue weighted by molar-refractivity contribution is 7.89. The van der Waals surface area contributed by atoms with Crippen molar-refractivity contribution in [3.63, 3.8) is 0 Å². The van der Waals surface area contributed by atoms with E-state index in [9.17, 15) is 13.2 Å². The summed E-state index contributed by atoms with van der Waals surface area (Å²) < 4.78 is 31.7. The van der Waals surface area contributed by atoms with Crippen LogP contribution in [0, 0.1) is 0 Å². The molecule has 0 fully saturated rings. The number of hydrogen-bond donors (Lipinski definition) is 4. The fourth-order valence-corrected chi connectivity index (χ4v) is 2.72. The lowest BCUT2D eigenvalue weighted by Crippen LogP contribution is -2.44. The molecule has 0 aliphatic heterocycles. The Morgan fingerprint density at radius 1 is 1.36 bits per heavy atom. The maximum absolute atomic E-state index is 12.1. The summed E-state index contributed by atoms with van der Waals surface area (Å²) in [6.07, 6.45) is 0.408. The minimum atomic E-state index is -3.85. The number of hydrogen-bond acceptors (Lipinski definition) is 6. The van der Waals surface area contributed by atoms with Crippen molar-refractivity contribution in [3.8, 4) is 5.75 Å². The van der Waals surface area contributed by atoms with Crippen molar-refractivity contribution in [2.45, 2.75) is 37.2 Å². The molecule has 0 aromatic heterocycles. The third-order valence-corrected chi connectivity index (χ3v) is 4.24. The van der Waals surface area contributed by atoms with Crippen LogP contribution < -0.4 is 20.7 Å². The Labute approximate surface area is 129 Å². The van der Waals surface area contributed by atoms with Gasteiger partial charge < -0.3 is 10.5 Å². The van der Waals surface area contributed by atoms with Gasteiger partial charge in [0.15, 0.2) is 0 Å². The van der Waals surface area contributed by atoms with Gasteiger partial charge in [0.05, 0.1) is 24.1 Å². The molecule has 1 unspecified atom stereocenters. The Balaban J connectivity index is 2.66. The Hall–Kier alpha value is -1.68. The summed E-state index contributed by atoms with van der Waals surface area (Å²) in [5.74, 6) is -0.203. The second-order valence-corrected chi connectivity index (χ2v) is 6.35. The van der Waals surface area contributed by atoms with Crippen molar-refractivity contribution in [2.24, 2.45) is 5.73 Å². The summed E-state index contributed by atoms with van der Waals surface area (Å²) in [5.41, 5.74) is 6.88. The second-order valence-electron chi connectivity index (χ2n) is 4.64. The van der Waals surface area contributed by atoms with Crippen LogP contribution in [0.2, 0.25) is 0 Å². The van der Waals surface area contributed by atoms with E-state index in [-0.39, 0.29) is 11.3 Å². The molecule has 1 atom stereocenters. The molecule has 0 heterocycles. The second kappa shape index (κ2) is 8.69. The highest BCUT2D eigenvalue weighted by Crippen LogP contribution is 2.16. The molecule has 9 heteroatoms. The number of sulfonamides is 1. The van der Waals surface area contributed by atoms with E-state index in [1.165, 1.54) is 17.6 Å². The standard InChI is InChI=1S/C13H21N3O5S/c1-2-3-8-21-10-4-6-11(7-5-10)22(19,20)16-12(14)9-13(17)15-18/h4-7,12,16,18H,2-3,8-9,14H2,1H3,(H,15,17). The molecule has 1 aromatic rings. The van der Waals surface area contributed by atoms with Gasteiger partial charge in [0.1, 0.15) is 5.75 Å². The van der Waals surface area contributed by atoms with Crippen molar-refractivity contribution in [1.82, 2.24) is 10.2 Å². The first kappa shape index (κ1) is 18.4. The van der Waals surface area contributed by atoms with Crippen molar-refractivity contribution >= 4 is 15.9 Å². The maximum atomic E-state index is 12.1. The molecule has 0 aliphatic rings. The Bertz CT molecular complexity index is 574. The number of nitrogens with two attached hydrogens (primary N) is 1. The van der Waals surface area contributed by atoms with Gasteiger partial charge in [-0.25, -0.2) is 13.9 Å². The Morgan fingerprint density at radius 3 is 2.55 bits per heavy atom. The summed E-state index contributed by atoms with van der Waals surface area (Å²) >= 11 is 0. The number of ether oxygens (including phenoxy) is 1. The summed E-state index contributed by atoms with van der Waals surface area (Å²) in [5, 5.41) is 8.37. The summed E-state index contributed by atoms with van der Waals surface area (Å²) in [7, 11) is -3.85. The maximum Gasteiger partial charge on any atom is 0.246 e. The molecule has 0 bridgehead atoms. The fourth-order valence-electron chi connectivity index (χ4n) is 1.60. The van der Waals surface area contributed by atoms with Gasteiger partial charge in [0, 0.05) is 0 Å². The van der Waals surface area contributed by atoms with Gasteiger partial charge >= 0.3 is 0 Å². The van der Waals surface area contributed by atoms with Gasteiger partial charge in [-0.1, -0.05) is 13.3 Å². The molecule has 1 amide bonds. The minimum Gasteiger partial charge on any atom is -0.494 e. The van der Waals surface area contributed by atoms with E-state index in [0.29, 0.717) is 12.4 Å². The van der Waals surface area contributed by atoms with Crippen LogP contribution in [0.4, 0.5) is 0 Å². The predicted octanol–water partition coefficient (Wildman–Crippen LogP) is 0.324. The highest BCUT2D eigenvalue weighted by Gasteiger charge is 2.19. The molecule has 1 rings (SSSR count). The number of carbonyl (C=O) groups is 1. The molecule has 1 aromatic carbocycles. The van der Waals surface area contributed by atoms with Gasteiger partial charge in [-0.15, -0.1) is 0 Å². The average Bonchev–Trinajstić information content (AvgIpc) is 2.47. The van der Waals surface area contributed by atoms with E-state index >= 15 is 0 Å². The molecule has 22 heavy (non-hydrogen) atoms. The fraction of sp³-hybridized carbons (Fsp3) is 0.462. The third kappa shape index (κ3) is 5.98. The number of amides is 1. The van der Waals surface area contributed by atoms with Crippen LogP contribution in [0.1, 0.15) is 26.2 Å². The van der Waals surface area contributed by atoms with Gasteiger partial charge in [0.25, 0.3) is 0 Å².